The average molecular weight is 579 g/mol. The van der Waals surface area contributed by atoms with Crippen molar-refractivity contribution in [2.24, 2.45) is 0 Å². The Hall–Kier alpha value is -5.49. The van der Waals surface area contributed by atoms with Gasteiger partial charge in [0.1, 0.15) is 29.0 Å². The molecule has 3 N–H and O–H groups in total. The molecule has 212 valence electrons. The van der Waals surface area contributed by atoms with Crippen molar-refractivity contribution in [1.82, 2.24) is 19.9 Å². The molecular weight excluding hydrogens is 552 g/mol. The van der Waals surface area contributed by atoms with Crippen molar-refractivity contribution in [3.63, 3.8) is 0 Å². The van der Waals surface area contributed by atoms with E-state index in [0.717, 1.165) is 28.0 Å². The van der Waals surface area contributed by atoms with Gasteiger partial charge < -0.3 is 19.8 Å². The van der Waals surface area contributed by atoms with Gasteiger partial charge in [0.15, 0.2) is 0 Å². The topological polar surface area (TPSA) is 173 Å². The number of nitrogens with one attached hydrogen (secondary N) is 2. The number of phenols is 1. The molecule has 0 aliphatic rings. The van der Waals surface area contributed by atoms with Crippen LogP contribution in [0.15, 0.2) is 97.6 Å². The number of ether oxygens (including phenoxy) is 1. The number of benzene rings is 2. The van der Waals surface area contributed by atoms with Crippen LogP contribution in [-0.2, 0) is 0 Å². The standard InChI is InChI=1S/C13H9N3O3.C8H7NO.C5H3ClN2O2.2CH4/c17-16(18)9-4-5-13(15-8-9)19-12-3-1-2-11-10(12)6-7-14-11;10-8-3-1-2-7-6(8)4-5-9-7;6-5-2-1-4(3-7-5)8(9)10;;/h1-8,14H;1-5,9-10H;1-3H;2*1H4. The molecule has 0 atom stereocenters. The molecule has 0 fully saturated rings. The summed E-state index contributed by atoms with van der Waals surface area (Å²) in [5.74, 6) is 1.30. The minimum Gasteiger partial charge on any atom is -0.507 e. The summed E-state index contributed by atoms with van der Waals surface area (Å²) in [7, 11) is 0. The number of aromatic hydroxyl groups is 1. The number of H-pyrrole nitrogens is 2. The molecular formula is C28H27ClN6O6. The van der Waals surface area contributed by atoms with Crippen LogP contribution in [-0.4, -0.2) is 34.9 Å². The molecule has 4 heterocycles. The van der Waals surface area contributed by atoms with Gasteiger partial charge in [0, 0.05) is 52.4 Å². The summed E-state index contributed by atoms with van der Waals surface area (Å²) in [6.07, 6.45) is 5.92. The summed E-state index contributed by atoms with van der Waals surface area (Å²) in [4.78, 5) is 33.1. The summed E-state index contributed by atoms with van der Waals surface area (Å²) < 4.78 is 5.63. The molecule has 4 aromatic heterocycles. The fraction of sp³-hybridized carbons (Fsp3) is 0.0714. The number of aromatic amines is 2. The number of hydrogen-bond acceptors (Lipinski definition) is 8. The van der Waals surface area contributed by atoms with E-state index < -0.39 is 9.85 Å². The van der Waals surface area contributed by atoms with E-state index in [4.69, 9.17) is 16.3 Å². The zero-order chi connectivity index (χ0) is 27.8. The molecule has 0 aliphatic heterocycles. The molecule has 0 saturated heterocycles. The molecule has 0 aliphatic carbocycles. The fourth-order valence-corrected chi connectivity index (χ4v) is 3.46. The third-order valence-corrected chi connectivity index (χ3v) is 5.42. The number of halogens is 1. The summed E-state index contributed by atoms with van der Waals surface area (Å²) in [5.41, 5.74) is 1.82. The van der Waals surface area contributed by atoms with Crippen molar-refractivity contribution in [3.8, 4) is 17.4 Å². The number of aromatic nitrogens is 4. The van der Waals surface area contributed by atoms with Gasteiger partial charge in [-0.3, -0.25) is 20.2 Å². The van der Waals surface area contributed by atoms with Gasteiger partial charge in [-0.2, -0.15) is 0 Å². The van der Waals surface area contributed by atoms with Crippen LogP contribution in [0.2, 0.25) is 5.15 Å². The van der Waals surface area contributed by atoms with Gasteiger partial charge in [-0.15, -0.1) is 0 Å². The maximum absolute atomic E-state index is 10.5. The Balaban J connectivity index is 0.000000228. The molecule has 2 aromatic carbocycles. The molecule has 41 heavy (non-hydrogen) atoms. The first-order valence-corrected chi connectivity index (χ1v) is 11.5. The number of nitrogens with zero attached hydrogens (tertiary/aromatic N) is 4. The highest BCUT2D eigenvalue weighted by Crippen LogP contribution is 2.29. The number of pyridine rings is 2. The molecule has 6 rings (SSSR count). The van der Waals surface area contributed by atoms with Crippen LogP contribution in [0.3, 0.4) is 0 Å². The highest BCUT2D eigenvalue weighted by Gasteiger charge is 2.08. The second kappa shape index (κ2) is 14.6. The monoisotopic (exact) mass is 578 g/mol. The SMILES string of the molecule is C.C.O=[N+]([O-])c1ccc(Cl)nc1.O=[N+]([O-])c1ccc(Oc2cccc3[nH]ccc23)nc1.Oc1cccc2[nH]ccc12. The van der Waals surface area contributed by atoms with E-state index in [1.165, 1.54) is 30.5 Å². The Bertz CT molecular complexity index is 1720. The molecule has 0 spiro atoms. The normalized spacial score (nSPS) is 9.68. The van der Waals surface area contributed by atoms with Crippen molar-refractivity contribution in [2.45, 2.75) is 14.9 Å². The van der Waals surface area contributed by atoms with E-state index >= 15 is 0 Å². The summed E-state index contributed by atoms with van der Waals surface area (Å²) in [6, 6.07) is 20.3. The quantitative estimate of drug-likeness (QED) is 0.107. The van der Waals surface area contributed by atoms with Crippen LogP contribution in [0, 0.1) is 20.2 Å². The average Bonchev–Trinajstić information content (AvgIpc) is 3.61. The Labute approximate surface area is 239 Å². The first-order valence-electron chi connectivity index (χ1n) is 11.2. The fourth-order valence-electron chi connectivity index (χ4n) is 3.34. The van der Waals surface area contributed by atoms with Gasteiger partial charge in [0.05, 0.1) is 9.85 Å². The van der Waals surface area contributed by atoms with Crippen molar-refractivity contribution in [2.75, 3.05) is 0 Å². The molecule has 6 aromatic rings. The van der Waals surface area contributed by atoms with Crippen LogP contribution in [0.5, 0.6) is 17.4 Å². The minimum absolute atomic E-state index is 0. The number of rotatable bonds is 4. The van der Waals surface area contributed by atoms with Crippen LogP contribution in [0.25, 0.3) is 21.8 Å². The van der Waals surface area contributed by atoms with Gasteiger partial charge in [0.25, 0.3) is 11.4 Å². The Morgan fingerprint density at radius 3 is 1.83 bits per heavy atom. The Morgan fingerprint density at radius 2 is 1.29 bits per heavy atom. The largest absolute Gasteiger partial charge is 0.507 e. The van der Waals surface area contributed by atoms with E-state index in [1.807, 2.05) is 54.9 Å². The maximum Gasteiger partial charge on any atom is 0.287 e. The molecule has 12 nitrogen and oxygen atoms in total. The second-order valence-corrected chi connectivity index (χ2v) is 8.11. The highest BCUT2D eigenvalue weighted by atomic mass is 35.5. The summed E-state index contributed by atoms with van der Waals surface area (Å²) in [5, 5.41) is 31.9. The lowest BCUT2D eigenvalue weighted by atomic mass is 10.2. The third kappa shape index (κ3) is 8.25. The van der Waals surface area contributed by atoms with E-state index in [0.29, 0.717) is 17.4 Å². The zero-order valence-corrected chi connectivity index (χ0v) is 20.6. The number of nitro groups is 2. The van der Waals surface area contributed by atoms with Crippen molar-refractivity contribution < 1.29 is 19.7 Å². The van der Waals surface area contributed by atoms with E-state index in [1.54, 1.807) is 6.07 Å². The predicted octanol–water partition coefficient (Wildman–Crippen LogP) is 8.05. The van der Waals surface area contributed by atoms with Gasteiger partial charge >= 0.3 is 0 Å². The lowest BCUT2D eigenvalue weighted by Gasteiger charge is -2.05. The molecule has 0 unspecified atom stereocenters. The highest BCUT2D eigenvalue weighted by molar-refractivity contribution is 6.29. The molecule has 0 amide bonds. The number of phenolic OH excluding ortho intramolecular Hbond substituents is 1. The number of fused-ring (bicyclic) bond motifs is 2. The summed E-state index contributed by atoms with van der Waals surface area (Å²) in [6.45, 7) is 0. The van der Waals surface area contributed by atoms with E-state index in [-0.39, 0.29) is 31.4 Å². The van der Waals surface area contributed by atoms with Crippen molar-refractivity contribution in [3.05, 3.63) is 123 Å². The van der Waals surface area contributed by atoms with Crippen LogP contribution >= 0.6 is 11.6 Å². The van der Waals surface area contributed by atoms with Crippen LogP contribution in [0.4, 0.5) is 11.4 Å². The van der Waals surface area contributed by atoms with E-state index in [2.05, 4.69) is 19.9 Å². The Kier molecular flexibility index (Phi) is 11.3. The van der Waals surface area contributed by atoms with Crippen LogP contribution in [0.1, 0.15) is 14.9 Å². The van der Waals surface area contributed by atoms with Crippen molar-refractivity contribution in [1.29, 1.82) is 0 Å². The van der Waals surface area contributed by atoms with Gasteiger partial charge in [-0.25, -0.2) is 9.97 Å². The molecule has 13 heteroatoms. The number of hydrogen-bond donors (Lipinski definition) is 3. The van der Waals surface area contributed by atoms with Crippen molar-refractivity contribution >= 4 is 44.8 Å². The summed E-state index contributed by atoms with van der Waals surface area (Å²) >= 11 is 5.38. The third-order valence-electron chi connectivity index (χ3n) is 5.20. The first kappa shape index (κ1) is 31.7. The zero-order valence-electron chi connectivity index (χ0n) is 19.9. The van der Waals surface area contributed by atoms with Gasteiger partial charge in [-0.05, 0) is 42.5 Å². The predicted molar refractivity (Wildman–Crippen MR) is 159 cm³/mol. The molecule has 0 saturated carbocycles. The molecule has 0 radical (unpaired) electrons. The lowest BCUT2D eigenvalue weighted by molar-refractivity contribution is -0.385. The smallest absolute Gasteiger partial charge is 0.287 e. The maximum atomic E-state index is 10.5. The van der Waals surface area contributed by atoms with Crippen LogP contribution < -0.4 is 4.74 Å². The first-order chi connectivity index (χ1) is 18.8. The second-order valence-electron chi connectivity index (χ2n) is 7.72. The lowest BCUT2D eigenvalue weighted by Crippen LogP contribution is -1.91. The van der Waals surface area contributed by atoms with Gasteiger partial charge in [-0.1, -0.05) is 38.6 Å². The van der Waals surface area contributed by atoms with Gasteiger partial charge in [0.2, 0.25) is 5.88 Å². The van der Waals surface area contributed by atoms with E-state index in [9.17, 15) is 25.3 Å². The Morgan fingerprint density at radius 1 is 0.732 bits per heavy atom. The molecule has 0 bridgehead atoms. The minimum atomic E-state index is -0.524.